The Hall–Kier alpha value is -1.81. The number of hydrogen-bond donors (Lipinski definition) is 1. The zero-order chi connectivity index (χ0) is 12.4. The Morgan fingerprint density at radius 3 is 2.59 bits per heavy atom. The predicted octanol–water partition coefficient (Wildman–Crippen LogP) is 3.43. The fraction of sp³-hybridized carbons (Fsp3) is 0.154. The van der Waals surface area contributed by atoms with Gasteiger partial charge in [0.25, 0.3) is 0 Å². The Balaban J connectivity index is 2.57. The van der Waals surface area contributed by atoms with E-state index in [4.69, 9.17) is 9.84 Å². The van der Waals surface area contributed by atoms with Crippen LogP contribution < -0.4 is 4.74 Å². The van der Waals surface area contributed by atoms with Crippen LogP contribution in [0.2, 0.25) is 0 Å². The van der Waals surface area contributed by atoms with Gasteiger partial charge in [0.2, 0.25) is 0 Å². The number of rotatable bonds is 3. The molecule has 0 amide bonds. The first-order valence-electron chi connectivity index (χ1n) is 5.10. The fourth-order valence-corrected chi connectivity index (χ4v) is 2.50. The van der Waals surface area contributed by atoms with Crippen LogP contribution in [0.4, 0.5) is 0 Å². The molecular weight excluding hydrogens is 236 g/mol. The molecule has 0 aliphatic heterocycles. The van der Waals surface area contributed by atoms with Gasteiger partial charge >= 0.3 is 5.97 Å². The SMILES string of the molecule is COc1ccc(C(=O)O)cc1-c1ccc(C)s1. The highest BCUT2D eigenvalue weighted by atomic mass is 32.1. The highest BCUT2D eigenvalue weighted by Crippen LogP contribution is 2.35. The van der Waals surface area contributed by atoms with Crippen LogP contribution in [0.15, 0.2) is 30.3 Å². The van der Waals surface area contributed by atoms with Crippen LogP contribution in [-0.4, -0.2) is 18.2 Å². The molecule has 0 fully saturated rings. The van der Waals surface area contributed by atoms with E-state index < -0.39 is 5.97 Å². The van der Waals surface area contributed by atoms with Gasteiger partial charge in [0, 0.05) is 15.3 Å². The molecule has 0 aliphatic carbocycles. The number of aromatic carboxylic acids is 1. The van der Waals surface area contributed by atoms with Gasteiger partial charge in [-0.05, 0) is 37.3 Å². The van der Waals surface area contributed by atoms with Crippen molar-refractivity contribution in [1.29, 1.82) is 0 Å². The number of ether oxygens (including phenoxy) is 1. The molecule has 0 unspecified atom stereocenters. The minimum atomic E-state index is -0.929. The summed E-state index contributed by atoms with van der Waals surface area (Å²) in [7, 11) is 1.58. The number of methoxy groups -OCH3 is 1. The Bertz CT molecular complexity index is 558. The molecule has 0 radical (unpaired) electrons. The maximum absolute atomic E-state index is 11.0. The van der Waals surface area contributed by atoms with Gasteiger partial charge in [0.05, 0.1) is 12.7 Å². The smallest absolute Gasteiger partial charge is 0.335 e. The summed E-state index contributed by atoms with van der Waals surface area (Å²) in [5.74, 6) is -0.237. The molecule has 1 aromatic carbocycles. The summed E-state index contributed by atoms with van der Waals surface area (Å²) in [6.45, 7) is 2.02. The molecule has 1 N–H and O–H groups in total. The minimum absolute atomic E-state index is 0.270. The van der Waals surface area contributed by atoms with E-state index >= 15 is 0 Å². The monoisotopic (exact) mass is 248 g/mol. The van der Waals surface area contributed by atoms with Crippen LogP contribution in [0.1, 0.15) is 15.2 Å². The van der Waals surface area contributed by atoms with Crippen molar-refractivity contribution >= 4 is 17.3 Å². The van der Waals surface area contributed by atoms with Crippen molar-refractivity contribution in [2.75, 3.05) is 7.11 Å². The lowest BCUT2D eigenvalue weighted by Crippen LogP contribution is -1.97. The van der Waals surface area contributed by atoms with Crippen molar-refractivity contribution in [3.63, 3.8) is 0 Å². The van der Waals surface area contributed by atoms with E-state index in [-0.39, 0.29) is 5.56 Å². The van der Waals surface area contributed by atoms with Crippen molar-refractivity contribution in [3.8, 4) is 16.2 Å². The van der Waals surface area contributed by atoms with Crippen LogP contribution in [0.25, 0.3) is 10.4 Å². The molecule has 0 bridgehead atoms. The van der Waals surface area contributed by atoms with Crippen molar-refractivity contribution in [2.45, 2.75) is 6.92 Å². The number of thiophene rings is 1. The summed E-state index contributed by atoms with van der Waals surface area (Å²) >= 11 is 1.62. The molecular formula is C13H12O3S. The molecule has 2 aromatic rings. The molecule has 3 nitrogen and oxygen atoms in total. The summed E-state index contributed by atoms with van der Waals surface area (Å²) < 4.78 is 5.26. The molecule has 0 atom stereocenters. The summed E-state index contributed by atoms with van der Waals surface area (Å²) in [4.78, 5) is 13.2. The van der Waals surface area contributed by atoms with Crippen molar-refractivity contribution < 1.29 is 14.6 Å². The van der Waals surface area contributed by atoms with Gasteiger partial charge in [0.15, 0.2) is 0 Å². The van der Waals surface area contributed by atoms with Gasteiger partial charge in [-0.1, -0.05) is 0 Å². The van der Waals surface area contributed by atoms with Crippen LogP contribution in [0, 0.1) is 6.92 Å². The van der Waals surface area contributed by atoms with E-state index in [0.717, 1.165) is 10.4 Å². The third kappa shape index (κ3) is 2.31. The topological polar surface area (TPSA) is 46.5 Å². The van der Waals surface area contributed by atoms with E-state index in [2.05, 4.69) is 0 Å². The molecule has 2 rings (SSSR count). The number of hydrogen-bond acceptors (Lipinski definition) is 3. The van der Waals surface area contributed by atoms with Gasteiger partial charge in [-0.15, -0.1) is 11.3 Å². The lowest BCUT2D eigenvalue weighted by Gasteiger charge is -2.07. The quantitative estimate of drug-likeness (QED) is 0.905. The van der Waals surface area contributed by atoms with E-state index in [9.17, 15) is 4.79 Å². The van der Waals surface area contributed by atoms with Gasteiger partial charge < -0.3 is 9.84 Å². The van der Waals surface area contributed by atoms with Gasteiger partial charge in [0.1, 0.15) is 5.75 Å². The molecule has 0 saturated carbocycles. The minimum Gasteiger partial charge on any atom is -0.496 e. The van der Waals surface area contributed by atoms with Gasteiger partial charge in [-0.3, -0.25) is 0 Å². The molecule has 0 spiro atoms. The zero-order valence-corrected chi connectivity index (χ0v) is 10.4. The lowest BCUT2D eigenvalue weighted by atomic mass is 10.1. The molecule has 0 saturated heterocycles. The average molecular weight is 248 g/mol. The molecule has 4 heteroatoms. The zero-order valence-electron chi connectivity index (χ0n) is 9.56. The molecule has 17 heavy (non-hydrogen) atoms. The van der Waals surface area contributed by atoms with Gasteiger partial charge in [-0.25, -0.2) is 4.79 Å². The largest absolute Gasteiger partial charge is 0.496 e. The first kappa shape index (κ1) is 11.7. The van der Waals surface area contributed by atoms with Crippen LogP contribution in [0.3, 0.4) is 0 Å². The van der Waals surface area contributed by atoms with E-state index in [1.807, 2.05) is 19.1 Å². The maximum atomic E-state index is 11.0. The van der Waals surface area contributed by atoms with E-state index in [1.165, 1.54) is 4.88 Å². The standard InChI is InChI=1S/C13H12O3S/c1-8-3-6-12(17-8)10-7-9(13(14)15)4-5-11(10)16-2/h3-7H,1-2H3,(H,14,15). The second kappa shape index (κ2) is 4.59. The molecule has 88 valence electrons. The van der Waals surface area contributed by atoms with Crippen molar-refractivity contribution in [1.82, 2.24) is 0 Å². The highest BCUT2D eigenvalue weighted by molar-refractivity contribution is 7.15. The van der Waals surface area contributed by atoms with Gasteiger partial charge in [-0.2, -0.15) is 0 Å². The van der Waals surface area contributed by atoms with Crippen molar-refractivity contribution in [3.05, 3.63) is 40.8 Å². The Morgan fingerprint density at radius 1 is 1.29 bits per heavy atom. The van der Waals surface area contributed by atoms with E-state index in [0.29, 0.717) is 5.75 Å². The second-order valence-corrected chi connectivity index (χ2v) is 4.92. The first-order chi connectivity index (χ1) is 8.11. The number of carboxylic acid groups (broad SMARTS) is 1. The first-order valence-corrected chi connectivity index (χ1v) is 5.91. The van der Waals surface area contributed by atoms with Crippen LogP contribution >= 0.6 is 11.3 Å². The highest BCUT2D eigenvalue weighted by Gasteiger charge is 2.11. The average Bonchev–Trinajstić information content (AvgIpc) is 2.74. The Labute approximate surface area is 103 Å². The Kier molecular flexibility index (Phi) is 3.15. The normalized spacial score (nSPS) is 10.2. The van der Waals surface area contributed by atoms with Crippen LogP contribution in [0.5, 0.6) is 5.75 Å². The summed E-state index contributed by atoms with van der Waals surface area (Å²) in [5, 5.41) is 8.99. The van der Waals surface area contributed by atoms with Crippen molar-refractivity contribution in [2.24, 2.45) is 0 Å². The summed E-state index contributed by atoms with van der Waals surface area (Å²) in [5.41, 5.74) is 1.09. The van der Waals surface area contributed by atoms with Crippen LogP contribution in [-0.2, 0) is 0 Å². The van der Waals surface area contributed by atoms with E-state index in [1.54, 1.807) is 36.6 Å². The third-order valence-corrected chi connectivity index (χ3v) is 3.49. The lowest BCUT2D eigenvalue weighted by molar-refractivity contribution is 0.0697. The third-order valence-electron chi connectivity index (χ3n) is 2.45. The fourth-order valence-electron chi connectivity index (χ4n) is 1.61. The maximum Gasteiger partial charge on any atom is 0.335 e. The summed E-state index contributed by atoms with van der Waals surface area (Å²) in [6, 6.07) is 8.86. The summed E-state index contributed by atoms with van der Waals surface area (Å²) in [6.07, 6.45) is 0. The molecule has 1 heterocycles. The molecule has 0 aliphatic rings. The predicted molar refractivity (Wildman–Crippen MR) is 68.0 cm³/mol. The number of aryl methyl sites for hydroxylation is 1. The number of benzene rings is 1. The second-order valence-electron chi connectivity index (χ2n) is 3.63. The Morgan fingerprint density at radius 2 is 2.06 bits per heavy atom. The number of carbonyl (C=O) groups is 1. The molecule has 1 aromatic heterocycles. The number of carboxylic acids is 1.